The van der Waals surface area contributed by atoms with Crippen LogP contribution in [0.3, 0.4) is 0 Å². The summed E-state index contributed by atoms with van der Waals surface area (Å²) in [4.78, 5) is 32.1. The zero-order chi connectivity index (χ0) is 37.2. The molecule has 12 heteroatoms. The van der Waals surface area contributed by atoms with E-state index in [1.165, 1.54) is 30.3 Å². The normalized spacial score (nSPS) is 14.4. The van der Waals surface area contributed by atoms with Crippen molar-refractivity contribution in [2.45, 2.75) is 77.8 Å². The second-order valence-electron chi connectivity index (χ2n) is 13.7. The van der Waals surface area contributed by atoms with Gasteiger partial charge in [-0.1, -0.05) is 55.5 Å². The first-order valence-corrected chi connectivity index (χ1v) is 17.6. The Labute approximate surface area is 299 Å². The number of aryl methyl sites for hydroxylation is 2. The molecule has 2 aromatic heterocycles. The number of carbonyl (C=O) groups is 1. The van der Waals surface area contributed by atoms with Crippen LogP contribution in [0.25, 0.3) is 22.2 Å². The van der Waals surface area contributed by atoms with Crippen molar-refractivity contribution in [2.75, 3.05) is 19.6 Å². The molecule has 0 aliphatic carbocycles. The molecule has 52 heavy (non-hydrogen) atoms. The zero-order valence-corrected chi connectivity index (χ0v) is 29.5. The summed E-state index contributed by atoms with van der Waals surface area (Å²) < 4.78 is 71.4. The van der Waals surface area contributed by atoms with E-state index in [0.717, 1.165) is 61.8 Å². The summed E-state index contributed by atoms with van der Waals surface area (Å²) in [7, 11) is 0. The van der Waals surface area contributed by atoms with Crippen molar-refractivity contribution in [3.63, 3.8) is 0 Å². The van der Waals surface area contributed by atoms with Gasteiger partial charge in [0.05, 0.1) is 10.9 Å². The van der Waals surface area contributed by atoms with Crippen LogP contribution >= 0.6 is 0 Å². The molecule has 5 aromatic rings. The highest BCUT2D eigenvalue weighted by Gasteiger charge is 2.31. The lowest BCUT2D eigenvalue weighted by Crippen LogP contribution is -2.48. The third-order valence-electron chi connectivity index (χ3n) is 10.0. The number of benzene rings is 3. The third kappa shape index (κ3) is 8.12. The van der Waals surface area contributed by atoms with Gasteiger partial charge >= 0.3 is 6.18 Å². The van der Waals surface area contributed by atoms with Gasteiger partial charge < -0.3 is 14.4 Å². The molecule has 1 aliphatic heterocycles. The fourth-order valence-electron chi connectivity index (χ4n) is 6.90. The van der Waals surface area contributed by atoms with Crippen molar-refractivity contribution >= 4 is 16.9 Å². The van der Waals surface area contributed by atoms with E-state index in [1.807, 2.05) is 43.0 Å². The van der Waals surface area contributed by atoms with Gasteiger partial charge in [0.25, 0.3) is 0 Å². The Balaban J connectivity index is 1.31. The smallest absolute Gasteiger partial charge is 0.334 e. The molecule has 0 radical (unpaired) electrons. The Morgan fingerprint density at radius 2 is 1.60 bits per heavy atom. The topological polar surface area (TPSA) is 63.4 Å². The molecule has 0 saturated carbocycles. The van der Waals surface area contributed by atoms with Crippen molar-refractivity contribution < 1.29 is 26.7 Å². The van der Waals surface area contributed by atoms with E-state index < -0.39 is 23.4 Å². The number of aromatic nitrogens is 3. The number of alkyl halides is 3. The van der Waals surface area contributed by atoms with Crippen LogP contribution in [0.1, 0.15) is 62.0 Å². The molecule has 0 spiro atoms. The summed E-state index contributed by atoms with van der Waals surface area (Å²) in [6.07, 6.45) is -0.907. The second kappa shape index (κ2) is 15.4. The van der Waals surface area contributed by atoms with Gasteiger partial charge in [-0.05, 0) is 86.5 Å². The van der Waals surface area contributed by atoms with Crippen LogP contribution in [0.5, 0.6) is 0 Å². The number of hydrogen-bond donors (Lipinski definition) is 0. The average Bonchev–Trinajstić information content (AvgIpc) is 3.60. The number of piperidine rings is 1. The van der Waals surface area contributed by atoms with E-state index in [4.69, 9.17) is 5.10 Å². The minimum absolute atomic E-state index is 0.0495. The number of rotatable bonds is 11. The van der Waals surface area contributed by atoms with E-state index in [0.29, 0.717) is 28.8 Å². The number of amides is 1. The number of carbonyl (C=O) groups excluding carboxylic acids is 1. The molecule has 7 nitrogen and oxygen atoms in total. The summed E-state index contributed by atoms with van der Waals surface area (Å²) in [5.41, 5.74) is 2.29. The maximum Gasteiger partial charge on any atom is 0.416 e. The summed E-state index contributed by atoms with van der Waals surface area (Å²) in [6, 6.07) is 17.8. The summed E-state index contributed by atoms with van der Waals surface area (Å²) in [5, 5.41) is 5.08. The molecule has 1 aliphatic rings. The molecule has 0 atom stereocenters. The van der Waals surface area contributed by atoms with Crippen LogP contribution in [0.15, 0.2) is 83.8 Å². The van der Waals surface area contributed by atoms with Crippen LogP contribution in [0, 0.1) is 11.6 Å². The maximum absolute atomic E-state index is 14.6. The zero-order valence-electron chi connectivity index (χ0n) is 29.5. The number of nitrogens with zero attached hydrogens (tertiary/aromatic N) is 5. The minimum Gasteiger partial charge on any atom is -0.334 e. The number of likely N-dealkylation sites (tertiary alicyclic amines) is 1. The van der Waals surface area contributed by atoms with E-state index in [1.54, 1.807) is 15.4 Å². The SMILES string of the molecule is CCN1CCC(N(Cc2ccc(-c3ccc(C(F)(F)F)cc3)cc2)C(=O)Cn2c(CCc3cccc(F)c3F)cc(=O)c3cn(C(C)C)nc32)CC1. The third-order valence-corrected chi connectivity index (χ3v) is 10.0. The molecular weight excluding hydrogens is 677 g/mol. The molecule has 1 amide bonds. The van der Waals surface area contributed by atoms with Crippen LogP contribution in [0.4, 0.5) is 22.0 Å². The first kappa shape index (κ1) is 36.9. The fraction of sp³-hybridized carbons (Fsp3) is 0.375. The number of hydrogen-bond acceptors (Lipinski definition) is 4. The van der Waals surface area contributed by atoms with E-state index >= 15 is 0 Å². The van der Waals surface area contributed by atoms with Gasteiger partial charge in [-0.3, -0.25) is 14.3 Å². The van der Waals surface area contributed by atoms with Crippen molar-refractivity contribution in [1.29, 1.82) is 0 Å². The van der Waals surface area contributed by atoms with Crippen molar-refractivity contribution in [3.8, 4) is 11.1 Å². The van der Waals surface area contributed by atoms with Gasteiger partial charge in [0.1, 0.15) is 6.54 Å². The van der Waals surface area contributed by atoms with Gasteiger partial charge in [0.2, 0.25) is 5.91 Å². The van der Waals surface area contributed by atoms with Crippen LogP contribution < -0.4 is 5.43 Å². The summed E-state index contributed by atoms with van der Waals surface area (Å²) in [5.74, 6) is -2.07. The van der Waals surface area contributed by atoms with Crippen molar-refractivity contribution in [2.24, 2.45) is 0 Å². The monoisotopic (exact) mass is 719 g/mol. The molecule has 3 aromatic carbocycles. The van der Waals surface area contributed by atoms with Gasteiger partial charge in [0, 0.05) is 49.7 Å². The summed E-state index contributed by atoms with van der Waals surface area (Å²) >= 11 is 0. The predicted molar refractivity (Wildman–Crippen MR) is 191 cm³/mol. The molecule has 3 heterocycles. The Morgan fingerprint density at radius 3 is 2.21 bits per heavy atom. The highest BCUT2D eigenvalue weighted by molar-refractivity contribution is 5.81. The van der Waals surface area contributed by atoms with Crippen LogP contribution in [-0.4, -0.2) is 55.7 Å². The number of fused-ring (bicyclic) bond motifs is 1. The first-order chi connectivity index (χ1) is 24.8. The minimum atomic E-state index is -4.42. The average molecular weight is 720 g/mol. The molecule has 0 unspecified atom stereocenters. The molecule has 274 valence electrons. The van der Waals surface area contributed by atoms with E-state index in [2.05, 4.69) is 11.8 Å². The lowest BCUT2D eigenvalue weighted by molar-refractivity contribution is -0.137. The molecule has 1 fully saturated rings. The Hall–Kier alpha value is -4.84. The van der Waals surface area contributed by atoms with Crippen LogP contribution in [0.2, 0.25) is 0 Å². The van der Waals surface area contributed by atoms with Gasteiger partial charge in [-0.2, -0.15) is 18.3 Å². The Morgan fingerprint density at radius 1 is 0.942 bits per heavy atom. The second-order valence-corrected chi connectivity index (χ2v) is 13.7. The van der Waals surface area contributed by atoms with E-state index in [-0.39, 0.29) is 48.4 Å². The van der Waals surface area contributed by atoms with Gasteiger partial charge in [-0.25, -0.2) is 8.78 Å². The van der Waals surface area contributed by atoms with Crippen LogP contribution in [-0.2, 0) is 36.9 Å². The number of halogens is 5. The number of pyridine rings is 1. The largest absolute Gasteiger partial charge is 0.416 e. The molecule has 6 rings (SSSR count). The highest BCUT2D eigenvalue weighted by Crippen LogP contribution is 2.31. The standard InChI is InChI=1S/C40H42F5N5O2/c1-4-47-20-18-32(19-21-47)48(23-27-8-10-28(11-9-27)29-12-15-31(16-13-29)40(43,44)45)37(52)25-49-33(17-14-30-6-5-7-35(41)38(30)42)22-36(51)34-24-50(26(2)3)46-39(34)49/h5-13,15-16,22,24,26,32H,4,14,17-21,23,25H2,1-3H3. The molecular formula is C40H42F5N5O2. The van der Waals surface area contributed by atoms with Gasteiger partial charge in [-0.15, -0.1) is 0 Å². The molecule has 1 saturated heterocycles. The van der Waals surface area contributed by atoms with Gasteiger partial charge in [0.15, 0.2) is 22.7 Å². The Kier molecular flexibility index (Phi) is 10.9. The van der Waals surface area contributed by atoms with Crippen molar-refractivity contribution in [1.82, 2.24) is 24.1 Å². The molecule has 0 bridgehead atoms. The quantitative estimate of drug-likeness (QED) is 0.130. The van der Waals surface area contributed by atoms with Crippen molar-refractivity contribution in [3.05, 3.63) is 123 Å². The predicted octanol–water partition coefficient (Wildman–Crippen LogP) is 8.04. The maximum atomic E-state index is 14.6. The summed E-state index contributed by atoms with van der Waals surface area (Å²) in [6.45, 7) is 8.75. The fourth-order valence-corrected chi connectivity index (χ4v) is 6.90. The lowest BCUT2D eigenvalue weighted by Gasteiger charge is -2.38. The highest BCUT2D eigenvalue weighted by atomic mass is 19.4. The Bertz CT molecular complexity index is 2080. The van der Waals surface area contributed by atoms with E-state index in [9.17, 15) is 31.5 Å². The lowest BCUT2D eigenvalue weighted by atomic mass is 10.00. The molecule has 0 N–H and O–H groups in total. The first-order valence-electron chi connectivity index (χ1n) is 17.6.